The van der Waals surface area contributed by atoms with Gasteiger partial charge in [0, 0.05) is 24.4 Å². The van der Waals surface area contributed by atoms with Crippen molar-refractivity contribution in [2.75, 3.05) is 5.32 Å². The Kier molecular flexibility index (Phi) is 6.70. The summed E-state index contributed by atoms with van der Waals surface area (Å²) in [6.07, 6.45) is -3.74. The molecule has 2 aromatic rings. The Balaban J connectivity index is 2.12. The fourth-order valence-electron chi connectivity index (χ4n) is 2.21. The van der Waals surface area contributed by atoms with Crippen molar-refractivity contribution in [3.05, 3.63) is 78.3 Å². The van der Waals surface area contributed by atoms with E-state index in [0.29, 0.717) is 6.08 Å². The Morgan fingerprint density at radius 3 is 2.37 bits per heavy atom. The minimum Gasteiger partial charge on any atom is -0.379 e. The number of hydrogen-bond acceptors (Lipinski definition) is 3. The first-order valence-electron chi connectivity index (χ1n) is 7.90. The third kappa shape index (κ3) is 6.58. The van der Waals surface area contributed by atoms with E-state index >= 15 is 0 Å². The number of carbonyl (C=O) groups excluding carboxylic acids is 2. The van der Waals surface area contributed by atoms with Crippen molar-refractivity contribution < 1.29 is 27.2 Å². The summed E-state index contributed by atoms with van der Waals surface area (Å²) in [5.41, 5.74) is 0.954. The van der Waals surface area contributed by atoms with Gasteiger partial charge in [0.15, 0.2) is 0 Å². The summed E-state index contributed by atoms with van der Waals surface area (Å²) < 4.78 is 50.0. The van der Waals surface area contributed by atoms with Crippen LogP contribution in [-0.4, -0.2) is 23.9 Å². The normalized spacial score (nSPS) is 12.6. The summed E-state index contributed by atoms with van der Waals surface area (Å²) in [5.74, 6) is -3.18. The molecule has 142 valence electrons. The summed E-state index contributed by atoms with van der Waals surface area (Å²) in [4.78, 5) is 23.4. The number of anilines is 1. The van der Waals surface area contributed by atoms with Gasteiger partial charge in [-0.3, -0.25) is 9.59 Å². The van der Waals surface area contributed by atoms with Gasteiger partial charge < -0.3 is 10.6 Å². The molecule has 4 nitrogen and oxygen atoms in total. The van der Waals surface area contributed by atoms with Gasteiger partial charge in [-0.2, -0.15) is 13.2 Å². The topological polar surface area (TPSA) is 58.2 Å². The summed E-state index contributed by atoms with van der Waals surface area (Å²) in [6, 6.07) is 13.0. The average molecular weight is 380 g/mol. The fraction of sp³-hybridized carbons (Fsp3) is 0.158. The number of halogens is 4. The Bertz CT molecular complexity index is 820. The summed E-state index contributed by atoms with van der Waals surface area (Å²) in [5, 5.41) is 4.99. The van der Waals surface area contributed by atoms with Crippen molar-refractivity contribution in [2.24, 2.45) is 0 Å². The molecule has 1 amide bonds. The monoisotopic (exact) mass is 380 g/mol. The van der Waals surface area contributed by atoms with E-state index in [1.165, 1.54) is 18.2 Å². The van der Waals surface area contributed by atoms with Gasteiger partial charge in [-0.25, -0.2) is 4.39 Å². The zero-order chi connectivity index (χ0) is 19.9. The van der Waals surface area contributed by atoms with E-state index in [0.717, 1.165) is 17.8 Å². The van der Waals surface area contributed by atoms with Crippen LogP contribution in [0.4, 0.5) is 23.2 Å². The van der Waals surface area contributed by atoms with Crippen molar-refractivity contribution in [3.63, 3.8) is 0 Å². The van der Waals surface area contributed by atoms with Crippen molar-refractivity contribution in [3.8, 4) is 0 Å². The number of ketones is 1. The Morgan fingerprint density at radius 1 is 1.04 bits per heavy atom. The first kappa shape index (κ1) is 20.2. The Labute approximate surface area is 152 Å². The van der Waals surface area contributed by atoms with E-state index in [2.05, 4.69) is 10.6 Å². The highest BCUT2D eigenvalue weighted by molar-refractivity contribution is 5.96. The molecule has 2 N–H and O–H groups in total. The molecule has 0 radical (unpaired) electrons. The van der Waals surface area contributed by atoms with E-state index in [9.17, 15) is 27.2 Å². The van der Waals surface area contributed by atoms with E-state index in [-0.39, 0.29) is 12.1 Å². The smallest absolute Gasteiger partial charge is 0.379 e. The second kappa shape index (κ2) is 8.98. The average Bonchev–Trinajstić information content (AvgIpc) is 2.60. The maximum absolute atomic E-state index is 13.2. The molecule has 8 heteroatoms. The van der Waals surface area contributed by atoms with Gasteiger partial charge in [0.25, 0.3) is 5.78 Å². The van der Waals surface area contributed by atoms with Crippen LogP contribution in [0.15, 0.2) is 66.9 Å². The minimum atomic E-state index is -4.99. The van der Waals surface area contributed by atoms with Crippen LogP contribution >= 0.6 is 0 Å². The molecule has 0 bridgehead atoms. The molecule has 0 aromatic heterocycles. The third-order valence-corrected chi connectivity index (χ3v) is 3.50. The number of carbonyl (C=O) groups is 2. The Hall–Kier alpha value is -3.16. The lowest BCUT2D eigenvalue weighted by Crippen LogP contribution is -2.39. The van der Waals surface area contributed by atoms with Crippen molar-refractivity contribution >= 4 is 17.4 Å². The van der Waals surface area contributed by atoms with Crippen molar-refractivity contribution in [1.82, 2.24) is 5.32 Å². The number of nitrogens with one attached hydrogen (secondary N) is 2. The number of benzene rings is 2. The molecule has 0 spiro atoms. The van der Waals surface area contributed by atoms with E-state index in [1.807, 2.05) is 0 Å². The number of amides is 1. The fourth-order valence-corrected chi connectivity index (χ4v) is 2.21. The third-order valence-electron chi connectivity index (χ3n) is 3.50. The molecule has 1 unspecified atom stereocenters. The van der Waals surface area contributed by atoms with Gasteiger partial charge >= 0.3 is 6.18 Å². The van der Waals surface area contributed by atoms with Gasteiger partial charge in [-0.15, -0.1) is 0 Å². The van der Waals surface area contributed by atoms with Gasteiger partial charge in [0.05, 0.1) is 0 Å². The molecule has 0 aliphatic rings. The zero-order valence-electron chi connectivity index (χ0n) is 14.0. The molecule has 2 aromatic carbocycles. The van der Waals surface area contributed by atoms with E-state index in [1.54, 1.807) is 30.3 Å². The lowest BCUT2D eigenvalue weighted by atomic mass is 10.1. The van der Waals surface area contributed by atoms with Crippen LogP contribution in [0.1, 0.15) is 5.56 Å². The molecule has 27 heavy (non-hydrogen) atoms. The molecular weight excluding hydrogens is 364 g/mol. The molecule has 0 fully saturated rings. The van der Waals surface area contributed by atoms with E-state index in [4.69, 9.17) is 0 Å². The van der Waals surface area contributed by atoms with Crippen molar-refractivity contribution in [2.45, 2.75) is 18.6 Å². The van der Waals surface area contributed by atoms with Gasteiger partial charge in [0.1, 0.15) is 11.9 Å². The van der Waals surface area contributed by atoms with E-state index < -0.39 is 29.7 Å². The van der Waals surface area contributed by atoms with Gasteiger partial charge in [0.2, 0.25) is 5.91 Å². The predicted molar refractivity (Wildman–Crippen MR) is 92.3 cm³/mol. The molecule has 0 saturated heterocycles. The molecule has 0 saturated carbocycles. The first-order chi connectivity index (χ1) is 12.8. The summed E-state index contributed by atoms with van der Waals surface area (Å²) in [7, 11) is 0. The number of allylic oxidation sites excluding steroid dienone is 1. The highest BCUT2D eigenvalue weighted by Crippen LogP contribution is 2.16. The van der Waals surface area contributed by atoms with Gasteiger partial charge in [-0.05, 0) is 23.8 Å². The molecule has 2 rings (SSSR count). The van der Waals surface area contributed by atoms with Crippen molar-refractivity contribution in [1.29, 1.82) is 0 Å². The van der Waals surface area contributed by atoms with Crippen LogP contribution in [0, 0.1) is 5.82 Å². The van der Waals surface area contributed by atoms with Crippen LogP contribution in [0.5, 0.6) is 0 Å². The standard InChI is InChI=1S/C19H16F4N2O2/c20-14-7-4-8-15(12-14)25-18(27)16(11-13-5-2-1-3-6-13)24-10-9-17(26)19(21,22)23/h1-10,12,16,24H,11H2,(H,25,27). The zero-order valence-corrected chi connectivity index (χ0v) is 14.0. The number of hydrogen-bond donors (Lipinski definition) is 2. The Morgan fingerprint density at radius 2 is 1.74 bits per heavy atom. The van der Waals surface area contributed by atoms with Crippen LogP contribution in [-0.2, 0) is 16.0 Å². The summed E-state index contributed by atoms with van der Waals surface area (Å²) >= 11 is 0. The molecule has 1 atom stereocenters. The minimum absolute atomic E-state index is 0.145. The van der Waals surface area contributed by atoms with Gasteiger partial charge in [-0.1, -0.05) is 36.4 Å². The molecular formula is C19H16F4N2O2. The second-order valence-electron chi connectivity index (χ2n) is 5.60. The SMILES string of the molecule is O=C(Nc1cccc(F)c1)C(Cc1ccccc1)NC=CC(=O)C(F)(F)F. The molecule has 0 aliphatic carbocycles. The maximum atomic E-state index is 13.2. The van der Waals surface area contributed by atoms with Crippen LogP contribution < -0.4 is 10.6 Å². The molecule has 0 aliphatic heterocycles. The van der Waals surface area contributed by atoms with Crippen LogP contribution in [0.25, 0.3) is 0 Å². The van der Waals surface area contributed by atoms with Crippen LogP contribution in [0.2, 0.25) is 0 Å². The predicted octanol–water partition coefficient (Wildman–Crippen LogP) is 3.61. The lowest BCUT2D eigenvalue weighted by Gasteiger charge is -2.17. The molecule has 0 heterocycles. The lowest BCUT2D eigenvalue weighted by molar-refractivity contribution is -0.165. The largest absolute Gasteiger partial charge is 0.454 e. The number of rotatable bonds is 7. The highest BCUT2D eigenvalue weighted by Gasteiger charge is 2.36. The highest BCUT2D eigenvalue weighted by atomic mass is 19.4. The second-order valence-corrected chi connectivity index (χ2v) is 5.60. The summed E-state index contributed by atoms with van der Waals surface area (Å²) in [6.45, 7) is 0. The quantitative estimate of drug-likeness (QED) is 0.570. The first-order valence-corrected chi connectivity index (χ1v) is 7.90. The van der Waals surface area contributed by atoms with Crippen LogP contribution in [0.3, 0.4) is 0 Å². The number of alkyl halides is 3. The maximum Gasteiger partial charge on any atom is 0.454 e.